The van der Waals surface area contributed by atoms with Gasteiger partial charge >= 0.3 is 5.97 Å². The summed E-state index contributed by atoms with van der Waals surface area (Å²) in [6, 6.07) is 14.6. The lowest BCUT2D eigenvalue weighted by molar-refractivity contribution is -0.138. The Labute approximate surface area is 211 Å². The fourth-order valence-electron chi connectivity index (χ4n) is 3.35. The predicted molar refractivity (Wildman–Crippen MR) is 133 cm³/mol. The standard InChI is InChI=1S/C23H24N6O7S/c30-15-29(14-19(22(31)32)28-37(33,34)16-7-2-1-3-8-16)21-13-20(27-36-21)35-12-6-11-24-23-25-17-9-4-5-10-18(17)26-23/h1-5,7-10,13,15,19,28H,6,11-12,14H2,(H,31,32)(H2,24,25,26). The summed E-state index contributed by atoms with van der Waals surface area (Å²) in [5.74, 6) is -0.848. The number of carbonyl (C=O) groups is 2. The van der Waals surface area contributed by atoms with Crippen molar-refractivity contribution in [3.63, 3.8) is 0 Å². The van der Waals surface area contributed by atoms with Crippen LogP contribution in [0, 0.1) is 0 Å². The molecule has 0 fully saturated rings. The fraction of sp³-hybridized carbons (Fsp3) is 0.217. The molecule has 0 bridgehead atoms. The Kier molecular flexibility index (Phi) is 8.00. The van der Waals surface area contributed by atoms with Crippen LogP contribution in [0.15, 0.2) is 70.1 Å². The summed E-state index contributed by atoms with van der Waals surface area (Å²) in [5, 5.41) is 16.4. The Bertz CT molecular complexity index is 1420. The second kappa shape index (κ2) is 11.5. The number of fused-ring (bicyclic) bond motifs is 1. The molecule has 2 heterocycles. The average molecular weight is 529 g/mol. The lowest BCUT2D eigenvalue weighted by Crippen LogP contribution is -2.48. The van der Waals surface area contributed by atoms with Crippen LogP contribution in [-0.4, -0.2) is 66.8 Å². The van der Waals surface area contributed by atoms with Crippen molar-refractivity contribution in [3.05, 3.63) is 60.7 Å². The number of hydrogen-bond acceptors (Lipinski definition) is 9. The Balaban J connectivity index is 1.28. The normalized spacial score (nSPS) is 12.2. The number of benzene rings is 2. The summed E-state index contributed by atoms with van der Waals surface area (Å²) in [4.78, 5) is 31.7. The molecule has 1 atom stereocenters. The molecule has 4 aromatic rings. The number of sulfonamides is 1. The molecule has 0 aliphatic rings. The van der Waals surface area contributed by atoms with Crippen LogP contribution in [0.3, 0.4) is 0 Å². The first-order chi connectivity index (χ1) is 17.9. The van der Waals surface area contributed by atoms with Gasteiger partial charge in [-0.25, -0.2) is 13.4 Å². The number of rotatable bonds is 14. The first-order valence-electron chi connectivity index (χ1n) is 11.2. The Morgan fingerprint density at radius 1 is 1.19 bits per heavy atom. The maximum absolute atomic E-state index is 12.5. The number of aliphatic carboxylic acids is 1. The maximum Gasteiger partial charge on any atom is 0.323 e. The van der Waals surface area contributed by atoms with Gasteiger partial charge in [-0.1, -0.05) is 30.3 Å². The number of ether oxygens (including phenoxy) is 1. The number of nitrogens with one attached hydrogen (secondary N) is 3. The van der Waals surface area contributed by atoms with Crippen molar-refractivity contribution in [1.82, 2.24) is 19.8 Å². The summed E-state index contributed by atoms with van der Waals surface area (Å²) >= 11 is 0. The quantitative estimate of drug-likeness (QED) is 0.139. The molecule has 0 radical (unpaired) electrons. The van der Waals surface area contributed by atoms with Gasteiger partial charge in [0.15, 0.2) is 0 Å². The summed E-state index contributed by atoms with van der Waals surface area (Å²) in [7, 11) is -4.14. The van der Waals surface area contributed by atoms with Gasteiger partial charge in [0.05, 0.1) is 35.1 Å². The molecule has 0 saturated carbocycles. The van der Waals surface area contributed by atoms with E-state index in [2.05, 4.69) is 25.2 Å². The van der Waals surface area contributed by atoms with Crippen LogP contribution in [0.5, 0.6) is 5.88 Å². The third-order valence-electron chi connectivity index (χ3n) is 5.17. The van der Waals surface area contributed by atoms with E-state index in [1.165, 1.54) is 30.3 Å². The van der Waals surface area contributed by atoms with Crippen molar-refractivity contribution in [2.45, 2.75) is 17.4 Å². The van der Waals surface area contributed by atoms with Gasteiger partial charge in [0.1, 0.15) is 6.04 Å². The number of nitrogens with zero attached hydrogens (tertiary/aromatic N) is 3. The van der Waals surface area contributed by atoms with Gasteiger partial charge in [0.2, 0.25) is 28.3 Å². The molecule has 0 saturated heterocycles. The first-order valence-corrected chi connectivity index (χ1v) is 12.6. The summed E-state index contributed by atoms with van der Waals surface area (Å²) in [6.07, 6.45) is 0.910. The highest BCUT2D eigenvalue weighted by Gasteiger charge is 2.29. The number of carboxylic acid groups (broad SMARTS) is 1. The number of para-hydroxylation sites is 2. The number of aromatic nitrogens is 3. The van der Waals surface area contributed by atoms with Crippen LogP contribution in [0.25, 0.3) is 11.0 Å². The first kappa shape index (κ1) is 25.7. The van der Waals surface area contributed by atoms with Gasteiger partial charge in [0.25, 0.3) is 5.88 Å². The zero-order chi connectivity index (χ0) is 26.3. The maximum atomic E-state index is 12.5. The predicted octanol–water partition coefficient (Wildman–Crippen LogP) is 1.83. The largest absolute Gasteiger partial charge is 0.480 e. The number of imidazole rings is 1. The van der Waals surface area contributed by atoms with Gasteiger partial charge in [0, 0.05) is 6.54 Å². The van der Waals surface area contributed by atoms with Gasteiger partial charge in [-0.2, -0.15) is 4.72 Å². The molecule has 14 heteroatoms. The van der Waals surface area contributed by atoms with Gasteiger partial charge in [-0.15, -0.1) is 0 Å². The summed E-state index contributed by atoms with van der Waals surface area (Å²) in [5.41, 5.74) is 1.78. The second-order valence-electron chi connectivity index (χ2n) is 7.82. The minimum absolute atomic E-state index is 0.0855. The number of aromatic amines is 1. The van der Waals surface area contributed by atoms with Crippen LogP contribution in [0.4, 0.5) is 11.8 Å². The summed E-state index contributed by atoms with van der Waals surface area (Å²) < 4.78 is 37.7. The molecule has 0 aliphatic heterocycles. The molecular weight excluding hydrogens is 504 g/mol. The minimum atomic E-state index is -4.14. The zero-order valence-corrected chi connectivity index (χ0v) is 20.2. The Morgan fingerprint density at radius 2 is 1.95 bits per heavy atom. The molecule has 0 aliphatic carbocycles. The lowest BCUT2D eigenvalue weighted by atomic mass is 10.3. The molecule has 194 valence electrons. The number of hydrogen-bond donors (Lipinski definition) is 4. The highest BCUT2D eigenvalue weighted by atomic mass is 32.2. The highest BCUT2D eigenvalue weighted by Crippen LogP contribution is 2.21. The topological polar surface area (TPSA) is 180 Å². The lowest BCUT2D eigenvalue weighted by Gasteiger charge is -2.20. The highest BCUT2D eigenvalue weighted by molar-refractivity contribution is 7.89. The number of amides is 1. The number of carboxylic acids is 1. The van der Waals surface area contributed by atoms with Crippen molar-refractivity contribution in [2.24, 2.45) is 0 Å². The van der Waals surface area contributed by atoms with Gasteiger partial charge < -0.3 is 24.7 Å². The van der Waals surface area contributed by atoms with Crippen molar-refractivity contribution in [1.29, 1.82) is 0 Å². The van der Waals surface area contributed by atoms with E-state index < -0.39 is 28.6 Å². The molecule has 4 N–H and O–H groups in total. The molecule has 4 rings (SSSR count). The fourth-order valence-corrected chi connectivity index (χ4v) is 4.55. The number of carbonyl (C=O) groups excluding carboxylic acids is 1. The monoisotopic (exact) mass is 528 g/mol. The van der Waals surface area contributed by atoms with Crippen molar-refractivity contribution in [2.75, 3.05) is 29.9 Å². The molecule has 13 nitrogen and oxygen atoms in total. The molecule has 1 amide bonds. The molecule has 2 aromatic heterocycles. The van der Waals surface area contributed by atoms with E-state index in [1.54, 1.807) is 6.07 Å². The van der Waals surface area contributed by atoms with Crippen LogP contribution in [0.1, 0.15) is 6.42 Å². The molecular formula is C23H24N6O7S. The number of H-pyrrole nitrogens is 1. The average Bonchev–Trinajstić information content (AvgIpc) is 3.53. The smallest absolute Gasteiger partial charge is 0.323 e. The van der Waals surface area contributed by atoms with E-state index >= 15 is 0 Å². The Morgan fingerprint density at radius 3 is 2.68 bits per heavy atom. The van der Waals surface area contributed by atoms with Crippen molar-refractivity contribution >= 4 is 45.3 Å². The molecule has 0 spiro atoms. The van der Waals surface area contributed by atoms with Gasteiger partial charge in [-0.05, 0) is 35.8 Å². The van der Waals surface area contributed by atoms with Crippen LogP contribution in [0.2, 0.25) is 0 Å². The summed E-state index contributed by atoms with van der Waals surface area (Å²) in [6.45, 7) is 0.294. The van der Waals surface area contributed by atoms with Crippen LogP contribution >= 0.6 is 0 Å². The van der Waals surface area contributed by atoms with Crippen LogP contribution < -0.4 is 19.7 Å². The van der Waals surface area contributed by atoms with E-state index in [0.717, 1.165) is 15.9 Å². The third kappa shape index (κ3) is 6.62. The second-order valence-corrected chi connectivity index (χ2v) is 9.53. The molecule has 1 unspecified atom stereocenters. The number of anilines is 2. The SMILES string of the molecule is O=CN(CC(NS(=O)(=O)c1ccccc1)C(=O)O)c1cc(OCCCNc2nc3ccccc3[nH]2)no1. The van der Waals surface area contributed by atoms with E-state index in [-0.39, 0.29) is 23.3 Å². The van der Waals surface area contributed by atoms with E-state index in [0.29, 0.717) is 25.3 Å². The molecule has 2 aromatic carbocycles. The Hall–Kier alpha value is -4.43. The van der Waals surface area contributed by atoms with Gasteiger partial charge in [-0.3, -0.25) is 14.5 Å². The van der Waals surface area contributed by atoms with Crippen molar-refractivity contribution < 1.29 is 32.4 Å². The molecule has 37 heavy (non-hydrogen) atoms. The van der Waals surface area contributed by atoms with E-state index in [1.807, 2.05) is 24.3 Å². The van der Waals surface area contributed by atoms with Crippen molar-refractivity contribution in [3.8, 4) is 5.88 Å². The zero-order valence-electron chi connectivity index (χ0n) is 19.4. The van der Waals surface area contributed by atoms with E-state index in [4.69, 9.17) is 9.26 Å². The van der Waals surface area contributed by atoms with E-state index in [9.17, 15) is 23.1 Å². The van der Waals surface area contributed by atoms with Crippen LogP contribution in [-0.2, 0) is 19.6 Å². The minimum Gasteiger partial charge on any atom is -0.480 e. The third-order valence-corrected chi connectivity index (χ3v) is 6.66.